The van der Waals surface area contributed by atoms with Gasteiger partial charge in [0.2, 0.25) is 11.7 Å². The summed E-state index contributed by atoms with van der Waals surface area (Å²) in [7, 11) is 0. The summed E-state index contributed by atoms with van der Waals surface area (Å²) in [6.45, 7) is 0.547. The van der Waals surface area contributed by atoms with Gasteiger partial charge in [-0.15, -0.1) is 0 Å². The first-order valence-electron chi connectivity index (χ1n) is 10.3. The van der Waals surface area contributed by atoms with E-state index in [4.69, 9.17) is 20.5 Å². The van der Waals surface area contributed by atoms with Crippen molar-refractivity contribution < 1.29 is 18.1 Å². The van der Waals surface area contributed by atoms with Crippen LogP contribution < -0.4 is 0 Å². The minimum absolute atomic E-state index is 0.0564. The van der Waals surface area contributed by atoms with Crippen LogP contribution in [0.15, 0.2) is 69.7 Å². The second-order valence-corrected chi connectivity index (χ2v) is 8.12. The van der Waals surface area contributed by atoms with E-state index in [1.807, 2.05) is 24.3 Å². The highest BCUT2D eigenvalue weighted by Crippen LogP contribution is 2.34. The van der Waals surface area contributed by atoms with Crippen LogP contribution in [0.25, 0.3) is 11.3 Å². The molecule has 1 saturated heterocycles. The predicted octanol–water partition coefficient (Wildman–Crippen LogP) is 5.69. The molecule has 1 fully saturated rings. The molecule has 0 unspecified atom stereocenters. The molecule has 1 aliphatic heterocycles. The van der Waals surface area contributed by atoms with Crippen molar-refractivity contribution in [2.75, 3.05) is 6.54 Å². The van der Waals surface area contributed by atoms with E-state index >= 15 is 0 Å². The molecule has 0 saturated carbocycles. The lowest BCUT2D eigenvalue weighted by atomic mass is 10.1. The third-order valence-electron chi connectivity index (χ3n) is 5.51. The van der Waals surface area contributed by atoms with Crippen LogP contribution in [0.1, 0.15) is 46.7 Å². The quantitative estimate of drug-likeness (QED) is 0.389. The number of carbonyl (C=O) groups is 1. The van der Waals surface area contributed by atoms with Crippen molar-refractivity contribution in [2.45, 2.75) is 25.3 Å². The fourth-order valence-corrected chi connectivity index (χ4v) is 4.20. The Labute approximate surface area is 188 Å². The Hall–Kier alpha value is -3.45. The molecule has 1 atom stereocenters. The molecule has 3 heterocycles. The number of oxazole rings is 1. The molecule has 162 valence electrons. The number of benzene rings is 2. The van der Waals surface area contributed by atoms with Crippen molar-refractivity contribution in [3.8, 4) is 11.3 Å². The van der Waals surface area contributed by atoms with Crippen LogP contribution in [0.4, 0.5) is 4.39 Å². The topological polar surface area (TPSA) is 72.4 Å². The van der Waals surface area contributed by atoms with Gasteiger partial charge in [-0.1, -0.05) is 41.0 Å². The molecule has 2 aromatic carbocycles. The Morgan fingerprint density at radius 1 is 1.19 bits per heavy atom. The zero-order chi connectivity index (χ0) is 22.1. The Morgan fingerprint density at radius 2 is 2.06 bits per heavy atom. The monoisotopic (exact) mass is 451 g/mol. The highest BCUT2D eigenvalue weighted by molar-refractivity contribution is 6.30. The number of hydrogen-bond acceptors (Lipinski definition) is 5. The summed E-state index contributed by atoms with van der Waals surface area (Å²) in [5.74, 6) is 0.494. The SMILES string of the molecule is O=C(c1cc(-c2ccccc2F)no1)N1CCC[C@H]1c1ncc(Cc2cccc(Cl)c2)o1. The van der Waals surface area contributed by atoms with E-state index in [1.54, 1.807) is 29.3 Å². The van der Waals surface area contributed by atoms with E-state index in [0.717, 1.165) is 18.4 Å². The molecule has 0 radical (unpaired) electrons. The van der Waals surface area contributed by atoms with Gasteiger partial charge in [0, 0.05) is 29.6 Å². The number of aromatic nitrogens is 2. The van der Waals surface area contributed by atoms with Gasteiger partial charge in [0.05, 0.1) is 6.20 Å². The van der Waals surface area contributed by atoms with Crippen molar-refractivity contribution in [3.63, 3.8) is 0 Å². The lowest BCUT2D eigenvalue weighted by molar-refractivity contribution is 0.0672. The van der Waals surface area contributed by atoms with E-state index in [1.165, 1.54) is 12.1 Å². The Kier molecular flexibility index (Phi) is 5.49. The Bertz CT molecular complexity index is 1270. The third-order valence-corrected chi connectivity index (χ3v) is 5.74. The Morgan fingerprint density at radius 3 is 2.91 bits per heavy atom. The van der Waals surface area contributed by atoms with Crippen LogP contribution in [0.3, 0.4) is 0 Å². The first-order chi connectivity index (χ1) is 15.6. The van der Waals surface area contributed by atoms with E-state index in [9.17, 15) is 9.18 Å². The largest absolute Gasteiger partial charge is 0.443 e. The van der Waals surface area contributed by atoms with Gasteiger partial charge < -0.3 is 13.8 Å². The summed E-state index contributed by atoms with van der Waals surface area (Å²) in [5, 5.41) is 4.55. The highest BCUT2D eigenvalue weighted by Gasteiger charge is 2.35. The second kappa shape index (κ2) is 8.59. The molecule has 1 amide bonds. The summed E-state index contributed by atoms with van der Waals surface area (Å²) >= 11 is 6.06. The molecular formula is C24H19ClFN3O3. The van der Waals surface area contributed by atoms with E-state index in [0.29, 0.717) is 29.6 Å². The van der Waals surface area contributed by atoms with Crippen LogP contribution in [0.2, 0.25) is 5.02 Å². The smallest absolute Gasteiger partial charge is 0.293 e. The van der Waals surface area contributed by atoms with Crippen LogP contribution in [0, 0.1) is 5.82 Å². The number of likely N-dealkylation sites (tertiary alicyclic amines) is 1. The molecule has 0 bridgehead atoms. The fraction of sp³-hybridized carbons (Fsp3) is 0.208. The third kappa shape index (κ3) is 4.03. The van der Waals surface area contributed by atoms with E-state index in [-0.39, 0.29) is 29.0 Å². The highest BCUT2D eigenvalue weighted by atomic mass is 35.5. The summed E-state index contributed by atoms with van der Waals surface area (Å²) in [4.78, 5) is 19.2. The van der Waals surface area contributed by atoms with Gasteiger partial charge in [0.25, 0.3) is 5.91 Å². The first-order valence-corrected chi connectivity index (χ1v) is 10.7. The van der Waals surface area contributed by atoms with Crippen LogP contribution in [0.5, 0.6) is 0 Å². The molecule has 32 heavy (non-hydrogen) atoms. The number of hydrogen-bond donors (Lipinski definition) is 0. The van der Waals surface area contributed by atoms with Crippen molar-refractivity contribution in [1.29, 1.82) is 0 Å². The molecule has 2 aromatic heterocycles. The normalized spacial score (nSPS) is 15.9. The summed E-state index contributed by atoms with van der Waals surface area (Å²) in [6.07, 6.45) is 3.79. The van der Waals surface area contributed by atoms with Crippen molar-refractivity contribution >= 4 is 17.5 Å². The molecule has 1 aliphatic rings. The number of rotatable bonds is 5. The summed E-state index contributed by atoms with van der Waals surface area (Å²) < 4.78 is 25.3. The van der Waals surface area contributed by atoms with Crippen molar-refractivity contribution in [3.05, 3.63) is 94.6 Å². The minimum Gasteiger partial charge on any atom is -0.443 e. The van der Waals surface area contributed by atoms with Gasteiger partial charge in [0.15, 0.2) is 0 Å². The van der Waals surface area contributed by atoms with Crippen LogP contribution in [-0.2, 0) is 6.42 Å². The van der Waals surface area contributed by atoms with Gasteiger partial charge in [-0.2, -0.15) is 0 Å². The summed E-state index contributed by atoms with van der Waals surface area (Å²) in [5.41, 5.74) is 1.58. The van der Waals surface area contributed by atoms with Crippen molar-refractivity contribution in [2.24, 2.45) is 0 Å². The maximum atomic E-state index is 14.0. The number of amides is 1. The predicted molar refractivity (Wildman–Crippen MR) is 116 cm³/mol. The molecule has 5 rings (SSSR count). The van der Waals surface area contributed by atoms with Gasteiger partial charge in [-0.3, -0.25) is 4.79 Å². The van der Waals surface area contributed by atoms with Crippen LogP contribution in [-0.4, -0.2) is 27.5 Å². The number of carbonyl (C=O) groups excluding carboxylic acids is 1. The lowest BCUT2D eigenvalue weighted by Gasteiger charge is -2.20. The molecule has 0 N–H and O–H groups in total. The molecular weight excluding hydrogens is 433 g/mol. The maximum Gasteiger partial charge on any atom is 0.293 e. The number of halogens is 2. The fourth-order valence-electron chi connectivity index (χ4n) is 3.99. The van der Waals surface area contributed by atoms with Gasteiger partial charge in [-0.25, -0.2) is 9.37 Å². The molecule has 8 heteroatoms. The van der Waals surface area contributed by atoms with Crippen molar-refractivity contribution in [1.82, 2.24) is 15.0 Å². The molecule has 0 aliphatic carbocycles. The second-order valence-electron chi connectivity index (χ2n) is 7.68. The zero-order valence-corrected chi connectivity index (χ0v) is 17.8. The van der Waals surface area contributed by atoms with Crippen LogP contribution >= 0.6 is 11.6 Å². The molecule has 0 spiro atoms. The summed E-state index contributed by atoms with van der Waals surface area (Å²) in [6, 6.07) is 15.0. The standard InChI is InChI=1S/C24H19ClFN3O3/c25-16-6-3-5-15(11-16)12-17-14-27-23(31-17)21-9-4-10-29(21)24(30)22-13-20(28-32-22)18-7-1-2-8-19(18)26/h1-3,5-8,11,13-14,21H,4,9-10,12H2/t21-/m0/s1. The molecule has 6 nitrogen and oxygen atoms in total. The first kappa shape index (κ1) is 20.5. The average molecular weight is 452 g/mol. The lowest BCUT2D eigenvalue weighted by Crippen LogP contribution is -2.30. The Balaban J connectivity index is 1.33. The van der Waals surface area contributed by atoms with Gasteiger partial charge in [0.1, 0.15) is 23.3 Å². The van der Waals surface area contributed by atoms with E-state index in [2.05, 4.69) is 10.1 Å². The molecule has 4 aromatic rings. The zero-order valence-electron chi connectivity index (χ0n) is 17.0. The minimum atomic E-state index is -0.425. The van der Waals surface area contributed by atoms with Gasteiger partial charge in [-0.05, 0) is 42.7 Å². The van der Waals surface area contributed by atoms with E-state index < -0.39 is 5.82 Å². The van der Waals surface area contributed by atoms with Gasteiger partial charge >= 0.3 is 0 Å². The average Bonchev–Trinajstić information content (AvgIpc) is 3.54. The number of nitrogens with zero attached hydrogens (tertiary/aromatic N) is 3. The maximum absolute atomic E-state index is 14.0.